The summed E-state index contributed by atoms with van der Waals surface area (Å²) in [7, 11) is 0. The fourth-order valence-electron chi connectivity index (χ4n) is 3.26. The predicted octanol–water partition coefficient (Wildman–Crippen LogP) is 2.65. The molecule has 1 aromatic carbocycles. The van der Waals surface area contributed by atoms with Crippen molar-refractivity contribution in [3.8, 4) is 6.07 Å². The predicted molar refractivity (Wildman–Crippen MR) is 102 cm³/mol. The second-order valence-electron chi connectivity index (χ2n) is 6.48. The van der Waals surface area contributed by atoms with Gasteiger partial charge in [-0.2, -0.15) is 5.26 Å². The van der Waals surface area contributed by atoms with Crippen molar-refractivity contribution in [1.82, 2.24) is 9.88 Å². The van der Waals surface area contributed by atoms with Crippen LogP contribution in [-0.2, 0) is 0 Å². The summed E-state index contributed by atoms with van der Waals surface area (Å²) in [4.78, 5) is 8.88. The summed E-state index contributed by atoms with van der Waals surface area (Å²) in [5, 5.41) is 22.1. The van der Waals surface area contributed by atoms with E-state index >= 15 is 0 Å². The fraction of sp³-hybridized carbons (Fsp3) is 0.350. The van der Waals surface area contributed by atoms with Gasteiger partial charge in [-0.1, -0.05) is 35.0 Å². The quantitative estimate of drug-likeness (QED) is 0.510. The third-order valence-corrected chi connectivity index (χ3v) is 4.72. The van der Waals surface area contributed by atoms with Gasteiger partial charge in [0.2, 0.25) is 0 Å². The first-order chi connectivity index (χ1) is 12.7. The number of aromatic nitrogens is 1. The number of pyridine rings is 1. The normalized spacial score (nSPS) is 15.7. The molecule has 2 aromatic rings. The van der Waals surface area contributed by atoms with Gasteiger partial charge < -0.3 is 10.1 Å². The molecule has 1 aliphatic rings. The van der Waals surface area contributed by atoms with Gasteiger partial charge in [0.25, 0.3) is 0 Å². The Morgan fingerprint density at radius 3 is 2.73 bits per heavy atom. The smallest absolute Gasteiger partial charge is 0.146 e. The van der Waals surface area contributed by atoms with Crippen molar-refractivity contribution in [3.05, 3.63) is 59.3 Å². The van der Waals surface area contributed by atoms with E-state index in [0.29, 0.717) is 17.7 Å². The molecule has 2 heterocycles. The van der Waals surface area contributed by atoms with E-state index in [1.165, 1.54) is 0 Å². The van der Waals surface area contributed by atoms with Crippen LogP contribution in [0.15, 0.2) is 47.8 Å². The monoisotopic (exact) mass is 349 g/mol. The number of rotatable bonds is 5. The maximum atomic E-state index is 9.37. The second-order valence-corrected chi connectivity index (χ2v) is 6.48. The van der Waals surface area contributed by atoms with Gasteiger partial charge in [0.1, 0.15) is 11.9 Å². The third kappa shape index (κ3) is 4.19. The molecule has 1 saturated heterocycles. The summed E-state index contributed by atoms with van der Waals surface area (Å²) in [5.41, 5.74) is 3.46. The SMILES string of the molecule is Cc1cccc(/C(CCN2CCN(c3ncccc3C#N)CC2)=N\O)c1. The standard InChI is InChI=1S/C20H23N5O/c1-16-4-2-5-17(14-16)19(23-26)7-9-24-10-12-25(13-11-24)20-18(15-21)6-3-8-22-20/h2-6,8,14,26H,7,9-13H2,1H3/b23-19-. The first-order valence-corrected chi connectivity index (χ1v) is 8.81. The zero-order chi connectivity index (χ0) is 18.4. The molecule has 3 rings (SSSR count). The lowest BCUT2D eigenvalue weighted by Gasteiger charge is -2.35. The van der Waals surface area contributed by atoms with Crippen LogP contribution in [0.2, 0.25) is 0 Å². The van der Waals surface area contributed by atoms with Gasteiger partial charge in [-0.05, 0) is 24.6 Å². The number of aryl methyl sites for hydroxylation is 1. The molecule has 0 spiro atoms. The van der Waals surface area contributed by atoms with E-state index < -0.39 is 0 Å². The number of oxime groups is 1. The number of hydrogen-bond acceptors (Lipinski definition) is 6. The highest BCUT2D eigenvalue weighted by atomic mass is 16.4. The van der Waals surface area contributed by atoms with Crippen LogP contribution in [0.5, 0.6) is 0 Å². The van der Waals surface area contributed by atoms with Crippen molar-refractivity contribution in [2.45, 2.75) is 13.3 Å². The molecule has 6 heteroatoms. The van der Waals surface area contributed by atoms with Crippen LogP contribution < -0.4 is 4.90 Å². The Morgan fingerprint density at radius 2 is 2.04 bits per heavy atom. The zero-order valence-electron chi connectivity index (χ0n) is 15.0. The van der Waals surface area contributed by atoms with Gasteiger partial charge in [-0.25, -0.2) is 4.98 Å². The Morgan fingerprint density at radius 1 is 1.23 bits per heavy atom. The molecule has 1 aromatic heterocycles. The maximum Gasteiger partial charge on any atom is 0.146 e. The summed E-state index contributed by atoms with van der Waals surface area (Å²) in [6.07, 6.45) is 2.43. The van der Waals surface area contributed by atoms with E-state index in [0.717, 1.165) is 49.7 Å². The second kappa shape index (κ2) is 8.45. The van der Waals surface area contributed by atoms with E-state index in [9.17, 15) is 10.5 Å². The summed E-state index contributed by atoms with van der Waals surface area (Å²) in [5.74, 6) is 0.770. The fourth-order valence-corrected chi connectivity index (χ4v) is 3.26. The average molecular weight is 349 g/mol. The lowest BCUT2D eigenvalue weighted by atomic mass is 10.0. The van der Waals surface area contributed by atoms with Crippen LogP contribution in [-0.4, -0.2) is 53.5 Å². The number of hydrogen-bond donors (Lipinski definition) is 1. The topological polar surface area (TPSA) is 75.8 Å². The molecule has 1 N–H and O–H groups in total. The lowest BCUT2D eigenvalue weighted by Crippen LogP contribution is -2.47. The van der Waals surface area contributed by atoms with Crippen LogP contribution in [0, 0.1) is 18.3 Å². The summed E-state index contributed by atoms with van der Waals surface area (Å²) < 4.78 is 0. The van der Waals surface area contributed by atoms with Gasteiger partial charge in [-0.15, -0.1) is 0 Å². The molecule has 134 valence electrons. The molecule has 0 bridgehead atoms. The number of nitrogens with zero attached hydrogens (tertiary/aromatic N) is 5. The molecular weight excluding hydrogens is 326 g/mol. The first kappa shape index (κ1) is 17.9. The van der Waals surface area contributed by atoms with Crippen molar-refractivity contribution in [3.63, 3.8) is 0 Å². The molecule has 0 radical (unpaired) electrons. The highest BCUT2D eigenvalue weighted by Crippen LogP contribution is 2.18. The number of nitriles is 1. The minimum Gasteiger partial charge on any atom is -0.411 e. The van der Waals surface area contributed by atoms with Gasteiger partial charge in [0, 0.05) is 45.3 Å². The van der Waals surface area contributed by atoms with Crippen LogP contribution in [0.1, 0.15) is 23.1 Å². The van der Waals surface area contributed by atoms with Crippen molar-refractivity contribution in [1.29, 1.82) is 5.26 Å². The molecule has 0 atom stereocenters. The highest BCUT2D eigenvalue weighted by Gasteiger charge is 2.20. The van der Waals surface area contributed by atoms with Crippen LogP contribution >= 0.6 is 0 Å². The Bertz CT molecular complexity index is 819. The van der Waals surface area contributed by atoms with Crippen molar-refractivity contribution < 1.29 is 5.21 Å². The number of anilines is 1. The average Bonchev–Trinajstić information content (AvgIpc) is 2.69. The van der Waals surface area contributed by atoms with Gasteiger partial charge in [0.15, 0.2) is 0 Å². The van der Waals surface area contributed by atoms with Crippen molar-refractivity contribution in [2.24, 2.45) is 5.16 Å². The van der Waals surface area contributed by atoms with E-state index in [1.54, 1.807) is 18.3 Å². The molecular formula is C20H23N5O. The molecule has 6 nitrogen and oxygen atoms in total. The highest BCUT2D eigenvalue weighted by molar-refractivity contribution is 6.00. The molecule has 0 amide bonds. The zero-order valence-corrected chi connectivity index (χ0v) is 15.0. The van der Waals surface area contributed by atoms with Crippen molar-refractivity contribution >= 4 is 11.5 Å². The number of piperazine rings is 1. The summed E-state index contributed by atoms with van der Waals surface area (Å²) in [6.45, 7) is 6.34. The minimum absolute atomic E-state index is 0.620. The van der Waals surface area contributed by atoms with Gasteiger partial charge >= 0.3 is 0 Å². The third-order valence-electron chi connectivity index (χ3n) is 4.72. The molecule has 0 unspecified atom stereocenters. The molecule has 1 fully saturated rings. The molecule has 0 aliphatic carbocycles. The van der Waals surface area contributed by atoms with E-state index in [4.69, 9.17) is 0 Å². The molecule has 26 heavy (non-hydrogen) atoms. The summed E-state index contributed by atoms with van der Waals surface area (Å²) >= 11 is 0. The lowest BCUT2D eigenvalue weighted by molar-refractivity contribution is 0.262. The first-order valence-electron chi connectivity index (χ1n) is 8.81. The number of benzene rings is 1. The van der Waals surface area contributed by atoms with Crippen LogP contribution in [0.25, 0.3) is 0 Å². The van der Waals surface area contributed by atoms with Crippen LogP contribution in [0.4, 0.5) is 5.82 Å². The van der Waals surface area contributed by atoms with E-state index in [-0.39, 0.29) is 0 Å². The van der Waals surface area contributed by atoms with Crippen LogP contribution in [0.3, 0.4) is 0 Å². The van der Waals surface area contributed by atoms with Gasteiger partial charge in [-0.3, -0.25) is 4.90 Å². The Hall–Kier alpha value is -2.91. The minimum atomic E-state index is 0.620. The molecule has 1 aliphatic heterocycles. The Labute approximate surface area is 154 Å². The van der Waals surface area contributed by atoms with Gasteiger partial charge in [0.05, 0.1) is 11.3 Å². The Kier molecular flexibility index (Phi) is 5.82. The molecule has 0 saturated carbocycles. The Balaban J connectivity index is 1.55. The van der Waals surface area contributed by atoms with E-state index in [1.807, 2.05) is 31.2 Å². The summed E-state index contributed by atoms with van der Waals surface area (Å²) in [6, 6.07) is 13.8. The maximum absolute atomic E-state index is 9.37. The van der Waals surface area contributed by atoms with E-state index in [2.05, 4.69) is 26.0 Å². The van der Waals surface area contributed by atoms with Crippen molar-refractivity contribution in [2.75, 3.05) is 37.6 Å². The largest absolute Gasteiger partial charge is 0.411 e.